The van der Waals surface area contributed by atoms with Gasteiger partial charge in [-0.15, -0.1) is 0 Å². The van der Waals surface area contributed by atoms with Gasteiger partial charge in [-0.05, 0) is 24.6 Å². The second-order valence-electron chi connectivity index (χ2n) is 4.29. The third-order valence-electron chi connectivity index (χ3n) is 3.11. The first-order valence-corrected chi connectivity index (χ1v) is 6.03. The minimum absolute atomic E-state index is 0.0729. The molecule has 6 heteroatoms. The van der Waals surface area contributed by atoms with Gasteiger partial charge in [0.05, 0.1) is 11.3 Å². The fourth-order valence-corrected chi connectivity index (χ4v) is 2.03. The largest absolute Gasteiger partial charge is 0.478 e. The molecule has 0 spiro atoms. The number of anilines is 1. The standard InChI is InChI=1S/C14H12FNO4/c1-2-8(14(19)20)5-6-16-11-7-9(15)3-4-10(11)12(17)13(16)18/h3-5,7H,2,6H2,1H3,(H,19,20). The van der Waals surface area contributed by atoms with E-state index >= 15 is 0 Å². The summed E-state index contributed by atoms with van der Waals surface area (Å²) in [5, 5.41) is 8.91. The number of carbonyl (C=O) groups excluding carboxylic acids is 2. The molecule has 2 rings (SSSR count). The summed E-state index contributed by atoms with van der Waals surface area (Å²) in [5.74, 6) is -3.12. The quantitative estimate of drug-likeness (QED) is 0.672. The Morgan fingerprint density at radius 2 is 2.10 bits per heavy atom. The Morgan fingerprint density at radius 1 is 1.40 bits per heavy atom. The van der Waals surface area contributed by atoms with E-state index < -0.39 is 23.5 Å². The van der Waals surface area contributed by atoms with Crippen LogP contribution in [0.5, 0.6) is 0 Å². The van der Waals surface area contributed by atoms with Crippen molar-refractivity contribution in [1.82, 2.24) is 0 Å². The molecule has 1 heterocycles. The number of nitrogens with zero attached hydrogens (tertiary/aromatic N) is 1. The van der Waals surface area contributed by atoms with Crippen LogP contribution in [0.25, 0.3) is 0 Å². The second kappa shape index (κ2) is 5.24. The van der Waals surface area contributed by atoms with Gasteiger partial charge in [-0.1, -0.05) is 13.0 Å². The van der Waals surface area contributed by atoms with E-state index in [9.17, 15) is 18.8 Å². The van der Waals surface area contributed by atoms with Crippen LogP contribution < -0.4 is 4.90 Å². The van der Waals surface area contributed by atoms with Gasteiger partial charge in [-0.25, -0.2) is 9.18 Å². The molecule has 104 valence electrons. The normalized spacial score (nSPS) is 14.7. The first kappa shape index (κ1) is 13.9. The maximum absolute atomic E-state index is 13.2. The fraction of sp³-hybridized carbons (Fsp3) is 0.214. The second-order valence-corrected chi connectivity index (χ2v) is 4.29. The number of hydrogen-bond donors (Lipinski definition) is 1. The zero-order valence-electron chi connectivity index (χ0n) is 10.7. The third kappa shape index (κ3) is 2.32. The highest BCUT2D eigenvalue weighted by atomic mass is 19.1. The Hall–Kier alpha value is -2.50. The van der Waals surface area contributed by atoms with E-state index in [2.05, 4.69) is 0 Å². The molecule has 0 unspecified atom stereocenters. The molecule has 0 fully saturated rings. The highest BCUT2D eigenvalue weighted by molar-refractivity contribution is 6.52. The van der Waals surface area contributed by atoms with Gasteiger partial charge in [0, 0.05) is 12.1 Å². The molecule has 1 aliphatic heterocycles. The number of hydrogen-bond acceptors (Lipinski definition) is 3. The summed E-state index contributed by atoms with van der Waals surface area (Å²) < 4.78 is 13.2. The number of carbonyl (C=O) groups is 3. The van der Waals surface area contributed by atoms with Gasteiger partial charge in [-0.2, -0.15) is 0 Å². The number of halogens is 1. The number of carboxylic acids is 1. The van der Waals surface area contributed by atoms with Crippen LogP contribution in [0, 0.1) is 5.82 Å². The van der Waals surface area contributed by atoms with Gasteiger partial charge < -0.3 is 10.0 Å². The van der Waals surface area contributed by atoms with E-state index in [-0.39, 0.29) is 23.4 Å². The Kier molecular flexibility index (Phi) is 3.65. The molecular weight excluding hydrogens is 265 g/mol. The Labute approximate surface area is 114 Å². The summed E-state index contributed by atoms with van der Waals surface area (Å²) >= 11 is 0. The van der Waals surface area contributed by atoms with Crippen LogP contribution in [0.4, 0.5) is 10.1 Å². The molecule has 20 heavy (non-hydrogen) atoms. The van der Waals surface area contributed by atoms with Crippen molar-refractivity contribution in [2.75, 3.05) is 11.4 Å². The van der Waals surface area contributed by atoms with Crippen LogP contribution in [0.2, 0.25) is 0 Å². The first-order chi connectivity index (χ1) is 9.45. The molecular formula is C14H12FNO4. The van der Waals surface area contributed by atoms with E-state index in [1.54, 1.807) is 6.92 Å². The van der Waals surface area contributed by atoms with E-state index in [0.717, 1.165) is 17.0 Å². The molecule has 1 aromatic rings. The first-order valence-electron chi connectivity index (χ1n) is 6.03. The van der Waals surface area contributed by atoms with E-state index in [1.165, 1.54) is 12.1 Å². The van der Waals surface area contributed by atoms with Crippen LogP contribution >= 0.6 is 0 Å². The van der Waals surface area contributed by atoms with Crippen molar-refractivity contribution >= 4 is 23.3 Å². The zero-order valence-corrected chi connectivity index (χ0v) is 10.7. The molecule has 0 saturated carbocycles. The Bertz CT molecular complexity index is 636. The number of ketones is 1. The van der Waals surface area contributed by atoms with E-state index in [1.807, 2.05) is 0 Å². The molecule has 1 aromatic carbocycles. The number of aliphatic carboxylic acids is 1. The molecule has 0 aliphatic carbocycles. The molecule has 1 N–H and O–H groups in total. The summed E-state index contributed by atoms with van der Waals surface area (Å²) in [6, 6.07) is 3.46. The van der Waals surface area contributed by atoms with Crippen molar-refractivity contribution in [2.24, 2.45) is 0 Å². The summed E-state index contributed by atoms with van der Waals surface area (Å²) in [6.07, 6.45) is 1.65. The number of amides is 1. The summed E-state index contributed by atoms with van der Waals surface area (Å²) in [6.45, 7) is 1.60. The molecule has 0 bridgehead atoms. The van der Waals surface area contributed by atoms with Gasteiger partial charge in [0.1, 0.15) is 5.82 Å². The predicted octanol–water partition coefficient (Wildman–Crippen LogP) is 1.78. The van der Waals surface area contributed by atoms with Crippen molar-refractivity contribution in [3.63, 3.8) is 0 Å². The Morgan fingerprint density at radius 3 is 2.70 bits per heavy atom. The van der Waals surface area contributed by atoms with Gasteiger partial charge in [-0.3, -0.25) is 9.59 Å². The molecule has 0 saturated heterocycles. The summed E-state index contributed by atoms with van der Waals surface area (Å²) in [5.41, 5.74) is 0.449. The van der Waals surface area contributed by atoms with Crippen molar-refractivity contribution in [3.8, 4) is 0 Å². The maximum atomic E-state index is 13.2. The van der Waals surface area contributed by atoms with Crippen molar-refractivity contribution in [1.29, 1.82) is 0 Å². The van der Waals surface area contributed by atoms with Crippen molar-refractivity contribution in [2.45, 2.75) is 13.3 Å². The molecule has 0 aromatic heterocycles. The number of Topliss-reactive ketones (excluding diaryl/α,β-unsaturated/α-hetero) is 1. The maximum Gasteiger partial charge on any atom is 0.331 e. The lowest BCUT2D eigenvalue weighted by Crippen LogP contribution is -2.30. The monoisotopic (exact) mass is 277 g/mol. The smallest absolute Gasteiger partial charge is 0.331 e. The van der Waals surface area contributed by atoms with E-state index in [0.29, 0.717) is 6.42 Å². The van der Waals surface area contributed by atoms with Crippen molar-refractivity contribution < 1.29 is 23.9 Å². The average Bonchev–Trinajstić information content (AvgIpc) is 2.63. The van der Waals surface area contributed by atoms with Crippen LogP contribution in [0.15, 0.2) is 29.8 Å². The molecule has 1 amide bonds. The molecule has 0 atom stereocenters. The lowest BCUT2D eigenvalue weighted by atomic mass is 10.1. The van der Waals surface area contributed by atoms with Crippen LogP contribution in [-0.4, -0.2) is 29.3 Å². The predicted molar refractivity (Wildman–Crippen MR) is 69.1 cm³/mol. The lowest BCUT2D eigenvalue weighted by molar-refractivity contribution is -0.132. The highest BCUT2D eigenvalue weighted by Gasteiger charge is 2.35. The molecule has 5 nitrogen and oxygen atoms in total. The van der Waals surface area contributed by atoms with Crippen molar-refractivity contribution in [3.05, 3.63) is 41.2 Å². The number of carboxylic acid groups (broad SMARTS) is 1. The van der Waals surface area contributed by atoms with Gasteiger partial charge >= 0.3 is 5.97 Å². The summed E-state index contributed by atoms with van der Waals surface area (Å²) in [7, 11) is 0. The SMILES string of the molecule is CCC(=CCN1C(=O)C(=O)c2ccc(F)cc21)C(=O)O. The topological polar surface area (TPSA) is 74.7 Å². The van der Waals surface area contributed by atoms with Crippen LogP contribution in [0.3, 0.4) is 0 Å². The number of fused-ring (bicyclic) bond motifs is 1. The summed E-state index contributed by atoms with van der Waals surface area (Å²) in [4.78, 5) is 35.5. The molecule has 0 radical (unpaired) electrons. The minimum atomic E-state index is -1.08. The number of benzene rings is 1. The fourth-order valence-electron chi connectivity index (χ4n) is 2.03. The average molecular weight is 277 g/mol. The minimum Gasteiger partial charge on any atom is -0.478 e. The number of rotatable bonds is 4. The third-order valence-corrected chi connectivity index (χ3v) is 3.11. The highest BCUT2D eigenvalue weighted by Crippen LogP contribution is 2.29. The Balaban J connectivity index is 2.35. The van der Waals surface area contributed by atoms with Crippen LogP contribution in [0.1, 0.15) is 23.7 Å². The van der Waals surface area contributed by atoms with Gasteiger partial charge in [0.25, 0.3) is 11.7 Å². The van der Waals surface area contributed by atoms with Crippen LogP contribution in [-0.2, 0) is 9.59 Å². The van der Waals surface area contributed by atoms with E-state index in [4.69, 9.17) is 5.11 Å². The zero-order chi connectivity index (χ0) is 14.9. The van der Waals surface area contributed by atoms with Gasteiger partial charge in [0.15, 0.2) is 0 Å². The lowest BCUT2D eigenvalue weighted by Gasteiger charge is -2.14. The molecule has 1 aliphatic rings. The van der Waals surface area contributed by atoms with Gasteiger partial charge in [0.2, 0.25) is 0 Å².